The fourth-order valence-corrected chi connectivity index (χ4v) is 5.06. The van der Waals surface area contributed by atoms with Crippen LogP contribution in [0, 0.1) is 6.92 Å². The molecule has 3 aromatic heterocycles. The smallest absolute Gasteiger partial charge is 0.242 e. The van der Waals surface area contributed by atoms with Gasteiger partial charge in [0.15, 0.2) is 5.82 Å². The molecule has 1 amide bonds. The van der Waals surface area contributed by atoms with Gasteiger partial charge >= 0.3 is 0 Å². The first-order valence-electron chi connectivity index (χ1n) is 10.5. The third-order valence-corrected chi connectivity index (χ3v) is 6.53. The SMILES string of the molecule is Cc1sc2nc(-c3ccccn3)nc(NC3CCCCNC3=O)c2c1-c1ccccc1. The summed E-state index contributed by atoms with van der Waals surface area (Å²) in [6.07, 6.45) is 4.50. The van der Waals surface area contributed by atoms with E-state index >= 15 is 0 Å². The zero-order valence-corrected chi connectivity index (χ0v) is 18.1. The van der Waals surface area contributed by atoms with Crippen LogP contribution in [-0.2, 0) is 4.79 Å². The van der Waals surface area contributed by atoms with Gasteiger partial charge in [0.2, 0.25) is 5.91 Å². The van der Waals surface area contributed by atoms with Crippen molar-refractivity contribution < 1.29 is 4.79 Å². The summed E-state index contributed by atoms with van der Waals surface area (Å²) in [5, 5.41) is 7.43. The molecule has 0 radical (unpaired) electrons. The van der Waals surface area contributed by atoms with Crippen molar-refractivity contribution in [2.24, 2.45) is 0 Å². The number of hydrogen-bond donors (Lipinski definition) is 2. The van der Waals surface area contributed by atoms with Crippen LogP contribution in [0.2, 0.25) is 0 Å². The number of aromatic nitrogens is 3. The Morgan fingerprint density at radius 3 is 2.71 bits per heavy atom. The molecule has 0 saturated carbocycles. The van der Waals surface area contributed by atoms with Crippen LogP contribution in [0.5, 0.6) is 0 Å². The normalized spacial score (nSPS) is 16.7. The molecule has 0 bridgehead atoms. The molecule has 1 unspecified atom stereocenters. The number of amides is 1. The maximum atomic E-state index is 12.6. The van der Waals surface area contributed by atoms with Gasteiger partial charge in [-0.25, -0.2) is 9.97 Å². The van der Waals surface area contributed by atoms with Crippen LogP contribution in [0.1, 0.15) is 24.1 Å². The molecule has 1 aliphatic rings. The third-order valence-electron chi connectivity index (χ3n) is 5.53. The van der Waals surface area contributed by atoms with Crippen LogP contribution in [0.4, 0.5) is 5.82 Å². The maximum Gasteiger partial charge on any atom is 0.242 e. The van der Waals surface area contributed by atoms with Crippen molar-refractivity contribution in [2.45, 2.75) is 32.2 Å². The molecule has 1 aromatic carbocycles. The fourth-order valence-electron chi connectivity index (χ4n) is 4.02. The lowest BCUT2D eigenvalue weighted by Crippen LogP contribution is -2.38. The number of aryl methyl sites for hydroxylation is 1. The highest BCUT2D eigenvalue weighted by Crippen LogP contribution is 2.41. The first-order valence-corrected chi connectivity index (χ1v) is 11.3. The van der Waals surface area contributed by atoms with Crippen LogP contribution in [0.3, 0.4) is 0 Å². The minimum atomic E-state index is -0.319. The molecule has 0 aliphatic carbocycles. The summed E-state index contributed by atoms with van der Waals surface area (Å²) in [5.41, 5.74) is 2.95. The molecule has 4 aromatic rings. The quantitative estimate of drug-likeness (QED) is 0.487. The minimum Gasteiger partial charge on any atom is -0.358 e. The van der Waals surface area contributed by atoms with Gasteiger partial charge in [-0.2, -0.15) is 0 Å². The van der Waals surface area contributed by atoms with Gasteiger partial charge in [0.1, 0.15) is 22.4 Å². The molecule has 1 saturated heterocycles. The molecule has 156 valence electrons. The van der Waals surface area contributed by atoms with E-state index in [1.54, 1.807) is 17.5 Å². The van der Waals surface area contributed by atoms with Crippen molar-refractivity contribution in [3.8, 4) is 22.6 Å². The molecule has 1 fully saturated rings. The second-order valence-corrected chi connectivity index (χ2v) is 8.88. The Kier molecular flexibility index (Phi) is 5.34. The predicted octanol–water partition coefficient (Wildman–Crippen LogP) is 4.81. The Morgan fingerprint density at radius 1 is 1.06 bits per heavy atom. The summed E-state index contributed by atoms with van der Waals surface area (Å²) in [4.78, 5) is 28.9. The van der Waals surface area contributed by atoms with E-state index in [9.17, 15) is 4.79 Å². The highest BCUT2D eigenvalue weighted by molar-refractivity contribution is 7.19. The Balaban J connectivity index is 1.70. The second-order valence-electron chi connectivity index (χ2n) is 7.67. The summed E-state index contributed by atoms with van der Waals surface area (Å²) >= 11 is 1.64. The number of nitrogens with one attached hydrogen (secondary N) is 2. The number of benzene rings is 1. The zero-order valence-electron chi connectivity index (χ0n) is 17.3. The minimum absolute atomic E-state index is 0.0249. The molecule has 1 aliphatic heterocycles. The van der Waals surface area contributed by atoms with E-state index in [2.05, 4.69) is 34.7 Å². The van der Waals surface area contributed by atoms with E-state index in [1.165, 1.54) is 4.88 Å². The van der Waals surface area contributed by atoms with Gasteiger partial charge in [0, 0.05) is 23.2 Å². The van der Waals surface area contributed by atoms with E-state index in [-0.39, 0.29) is 11.9 Å². The van der Waals surface area contributed by atoms with E-state index in [1.807, 2.05) is 36.4 Å². The second kappa shape index (κ2) is 8.43. The van der Waals surface area contributed by atoms with Crippen LogP contribution in [0.15, 0.2) is 54.7 Å². The molecule has 2 N–H and O–H groups in total. The first-order chi connectivity index (χ1) is 15.2. The molecular weight excluding hydrogens is 406 g/mol. The lowest BCUT2D eigenvalue weighted by molar-refractivity contribution is -0.121. The van der Waals surface area contributed by atoms with Crippen LogP contribution < -0.4 is 10.6 Å². The largest absolute Gasteiger partial charge is 0.358 e. The van der Waals surface area contributed by atoms with Gasteiger partial charge in [-0.15, -0.1) is 11.3 Å². The van der Waals surface area contributed by atoms with Crippen molar-refractivity contribution >= 4 is 33.3 Å². The third kappa shape index (κ3) is 3.88. The Bertz CT molecular complexity index is 1220. The Labute approximate surface area is 184 Å². The lowest BCUT2D eigenvalue weighted by Gasteiger charge is -2.18. The number of hydrogen-bond acceptors (Lipinski definition) is 6. The molecule has 4 heterocycles. The number of thiophene rings is 1. The summed E-state index contributed by atoms with van der Waals surface area (Å²) in [7, 11) is 0. The number of nitrogens with zero attached hydrogens (tertiary/aromatic N) is 3. The average Bonchev–Trinajstić information content (AvgIpc) is 3.01. The zero-order chi connectivity index (χ0) is 21.2. The van der Waals surface area contributed by atoms with Gasteiger partial charge in [-0.3, -0.25) is 9.78 Å². The van der Waals surface area contributed by atoms with Crippen molar-refractivity contribution in [1.29, 1.82) is 0 Å². The standard InChI is InChI=1S/C24H23N5OS/c1-15-19(16-9-3-2-4-10-16)20-22(27-18-12-6-8-14-26-23(18)30)28-21(29-24(20)31-15)17-11-5-7-13-25-17/h2-5,7,9-11,13,18H,6,8,12,14H2,1H3,(H,26,30)(H,27,28,29). The molecule has 5 rings (SSSR count). The number of anilines is 1. The molecule has 1 atom stereocenters. The van der Waals surface area contributed by atoms with Gasteiger partial charge < -0.3 is 10.6 Å². The van der Waals surface area contributed by atoms with Gasteiger partial charge in [0.05, 0.1) is 5.39 Å². The van der Waals surface area contributed by atoms with Gasteiger partial charge in [0.25, 0.3) is 0 Å². The molecule has 31 heavy (non-hydrogen) atoms. The predicted molar refractivity (Wildman–Crippen MR) is 125 cm³/mol. The van der Waals surface area contributed by atoms with Crippen molar-refractivity contribution in [3.63, 3.8) is 0 Å². The number of carbonyl (C=O) groups excluding carboxylic acids is 1. The monoisotopic (exact) mass is 429 g/mol. The van der Waals surface area contributed by atoms with Crippen LogP contribution in [-0.4, -0.2) is 33.4 Å². The van der Waals surface area contributed by atoms with Crippen molar-refractivity contribution in [3.05, 3.63) is 59.6 Å². The highest BCUT2D eigenvalue weighted by atomic mass is 32.1. The summed E-state index contributed by atoms with van der Waals surface area (Å²) < 4.78 is 0. The highest BCUT2D eigenvalue weighted by Gasteiger charge is 2.25. The van der Waals surface area contributed by atoms with E-state index in [4.69, 9.17) is 9.97 Å². The maximum absolute atomic E-state index is 12.6. The van der Waals surface area contributed by atoms with E-state index < -0.39 is 0 Å². The molecule has 7 heteroatoms. The summed E-state index contributed by atoms with van der Waals surface area (Å²) in [5.74, 6) is 1.28. The number of pyridine rings is 1. The molecule has 0 spiro atoms. The first kappa shape index (κ1) is 19.6. The van der Waals surface area contributed by atoms with Crippen molar-refractivity contribution in [2.75, 3.05) is 11.9 Å². The Hall–Kier alpha value is -3.32. The number of fused-ring (bicyclic) bond motifs is 1. The average molecular weight is 430 g/mol. The Morgan fingerprint density at radius 2 is 1.90 bits per heavy atom. The molecule has 6 nitrogen and oxygen atoms in total. The van der Waals surface area contributed by atoms with Gasteiger partial charge in [-0.05, 0) is 43.9 Å². The summed E-state index contributed by atoms with van der Waals surface area (Å²) in [6, 6.07) is 15.7. The van der Waals surface area contributed by atoms with E-state index in [0.717, 1.165) is 47.2 Å². The van der Waals surface area contributed by atoms with Crippen LogP contribution in [0.25, 0.3) is 32.9 Å². The lowest BCUT2D eigenvalue weighted by atomic mass is 10.0. The van der Waals surface area contributed by atoms with Crippen LogP contribution >= 0.6 is 11.3 Å². The number of rotatable bonds is 4. The summed E-state index contributed by atoms with van der Waals surface area (Å²) in [6.45, 7) is 2.83. The topological polar surface area (TPSA) is 79.8 Å². The van der Waals surface area contributed by atoms with Crippen molar-refractivity contribution in [1.82, 2.24) is 20.3 Å². The van der Waals surface area contributed by atoms with E-state index in [0.29, 0.717) is 17.3 Å². The fraction of sp³-hybridized carbons (Fsp3) is 0.250. The number of carbonyl (C=O) groups is 1. The van der Waals surface area contributed by atoms with Gasteiger partial charge in [-0.1, -0.05) is 36.4 Å². The molecular formula is C24H23N5OS.